The maximum atomic E-state index is 13.1. The number of piperazine rings is 1. The third-order valence-electron chi connectivity index (χ3n) is 6.44. The summed E-state index contributed by atoms with van der Waals surface area (Å²) in [5.41, 5.74) is 11.4. The smallest absolute Gasteiger partial charge is 0.241 e. The molecule has 4 rings (SSSR count). The van der Waals surface area contributed by atoms with Gasteiger partial charge in [0.15, 0.2) is 0 Å². The topological polar surface area (TPSA) is 78.3 Å². The molecule has 2 saturated heterocycles. The van der Waals surface area contributed by atoms with Gasteiger partial charge in [-0.1, -0.05) is 0 Å². The molecule has 2 unspecified atom stereocenters. The molecule has 2 aliphatic heterocycles. The number of nitrogens with one attached hydrogen (secondary N) is 2. The van der Waals surface area contributed by atoms with Crippen LogP contribution in [0.25, 0.3) is 0 Å². The number of amides is 1. The van der Waals surface area contributed by atoms with E-state index in [1.165, 1.54) is 16.8 Å². The Morgan fingerprint density at radius 2 is 1.87 bits per heavy atom. The molecule has 8 nitrogen and oxygen atoms in total. The zero-order valence-electron chi connectivity index (χ0n) is 18.3. The summed E-state index contributed by atoms with van der Waals surface area (Å²) in [5, 5.41) is 4.63. The lowest BCUT2D eigenvalue weighted by Gasteiger charge is -2.35. The summed E-state index contributed by atoms with van der Waals surface area (Å²) in [7, 11) is 0. The molecule has 0 aliphatic carbocycles. The number of nitrogens with zero attached hydrogens (tertiary/aromatic N) is 5. The van der Waals surface area contributed by atoms with Gasteiger partial charge < -0.3 is 4.90 Å². The summed E-state index contributed by atoms with van der Waals surface area (Å²) in [6.07, 6.45) is 5.48. The first kappa shape index (κ1) is 21.0. The molecular weight excluding hydrogens is 378 g/mol. The number of aromatic nitrogens is 3. The second-order valence-electron chi connectivity index (χ2n) is 8.30. The molecule has 0 spiro atoms. The highest BCUT2D eigenvalue weighted by atomic mass is 16.2. The number of carbonyl (C=O) groups is 1. The Kier molecular flexibility index (Phi) is 6.46. The Balaban J connectivity index is 1.27. The molecule has 162 valence electrons. The summed E-state index contributed by atoms with van der Waals surface area (Å²) in [6.45, 7) is 11.6. The van der Waals surface area contributed by atoms with Crippen molar-refractivity contribution in [3.8, 4) is 0 Å². The molecule has 2 aromatic rings. The number of hydrogen-bond acceptors (Lipinski definition) is 6. The normalized spacial score (nSPS) is 22.6. The van der Waals surface area contributed by atoms with E-state index in [0.29, 0.717) is 0 Å². The summed E-state index contributed by atoms with van der Waals surface area (Å²) < 4.78 is 2.03. The molecular formula is C22H33N7O. The molecule has 30 heavy (non-hydrogen) atoms. The first-order chi connectivity index (χ1) is 14.6. The fourth-order valence-electron chi connectivity index (χ4n) is 4.68. The lowest BCUT2D eigenvalue weighted by molar-refractivity contribution is -0.134. The highest BCUT2D eigenvalue weighted by Gasteiger charge is 2.36. The monoisotopic (exact) mass is 411 g/mol. The van der Waals surface area contributed by atoms with E-state index in [0.717, 1.165) is 57.8 Å². The van der Waals surface area contributed by atoms with Gasteiger partial charge in [0, 0.05) is 62.9 Å². The summed E-state index contributed by atoms with van der Waals surface area (Å²) in [6, 6.07) is 4.09. The van der Waals surface area contributed by atoms with Gasteiger partial charge in [-0.15, -0.1) is 0 Å². The van der Waals surface area contributed by atoms with Crippen LogP contribution in [0.2, 0.25) is 0 Å². The Bertz CT molecular complexity index is 858. The van der Waals surface area contributed by atoms with E-state index in [1.807, 2.05) is 22.0 Å². The predicted octanol–water partition coefficient (Wildman–Crippen LogP) is 1.21. The Morgan fingerprint density at radius 3 is 2.53 bits per heavy atom. The van der Waals surface area contributed by atoms with Gasteiger partial charge >= 0.3 is 0 Å². The van der Waals surface area contributed by atoms with Crippen molar-refractivity contribution in [2.45, 2.75) is 52.2 Å². The number of rotatable bonds is 6. The number of pyridine rings is 1. The van der Waals surface area contributed by atoms with Crippen LogP contribution in [0.5, 0.6) is 0 Å². The van der Waals surface area contributed by atoms with Crippen LogP contribution in [-0.2, 0) is 17.8 Å². The third-order valence-corrected chi connectivity index (χ3v) is 6.44. The summed E-state index contributed by atoms with van der Waals surface area (Å²) in [4.78, 5) is 21.6. The summed E-state index contributed by atoms with van der Waals surface area (Å²) in [5.74, 6) is 0.206. The molecule has 8 heteroatoms. The van der Waals surface area contributed by atoms with Gasteiger partial charge in [0.1, 0.15) is 6.04 Å². The second-order valence-corrected chi connectivity index (χ2v) is 8.30. The minimum Gasteiger partial charge on any atom is -0.339 e. The van der Waals surface area contributed by atoms with Gasteiger partial charge in [-0.25, -0.2) is 10.9 Å². The van der Waals surface area contributed by atoms with Crippen LogP contribution < -0.4 is 10.9 Å². The van der Waals surface area contributed by atoms with Crippen molar-refractivity contribution in [2.24, 2.45) is 0 Å². The fraction of sp³-hybridized carbons (Fsp3) is 0.591. The van der Waals surface area contributed by atoms with E-state index in [-0.39, 0.29) is 18.0 Å². The molecule has 1 amide bonds. The minimum absolute atomic E-state index is 0.126. The lowest BCUT2D eigenvalue weighted by atomic mass is 9.99. The Hall–Kier alpha value is -2.29. The van der Waals surface area contributed by atoms with Crippen LogP contribution in [-0.4, -0.2) is 69.2 Å². The molecule has 2 N–H and O–H groups in total. The number of carbonyl (C=O) groups excluding carboxylic acids is 1. The van der Waals surface area contributed by atoms with Crippen LogP contribution in [0, 0.1) is 13.8 Å². The van der Waals surface area contributed by atoms with Crippen molar-refractivity contribution in [3.05, 3.63) is 47.0 Å². The summed E-state index contributed by atoms with van der Waals surface area (Å²) >= 11 is 0. The third kappa shape index (κ3) is 4.40. The molecule has 2 atom stereocenters. The SMILES string of the molecule is CCn1nc(C)c(C2CC(C(=O)N3CCN(CCc4ccncc4)CC3)NN2)c1C. The maximum Gasteiger partial charge on any atom is 0.241 e. The molecule has 2 fully saturated rings. The average Bonchev–Trinajstić information content (AvgIpc) is 3.36. The van der Waals surface area contributed by atoms with E-state index in [2.05, 4.69) is 58.7 Å². The second kappa shape index (κ2) is 9.24. The van der Waals surface area contributed by atoms with Gasteiger partial charge in [0.25, 0.3) is 0 Å². The zero-order valence-corrected chi connectivity index (χ0v) is 18.3. The Morgan fingerprint density at radius 1 is 1.13 bits per heavy atom. The average molecular weight is 412 g/mol. The number of hydrazine groups is 1. The molecule has 4 heterocycles. The molecule has 2 aromatic heterocycles. The predicted molar refractivity (Wildman–Crippen MR) is 116 cm³/mol. The highest BCUT2D eigenvalue weighted by molar-refractivity contribution is 5.82. The van der Waals surface area contributed by atoms with E-state index in [1.54, 1.807) is 0 Å². The van der Waals surface area contributed by atoms with E-state index in [9.17, 15) is 4.79 Å². The van der Waals surface area contributed by atoms with E-state index >= 15 is 0 Å². The zero-order chi connectivity index (χ0) is 21.1. The molecule has 2 aliphatic rings. The standard InChI is InChI=1S/C22H33N7O/c1-4-29-17(3)21(16(2)26-29)19-15-20(25-24-19)22(30)28-13-11-27(12-14-28)10-7-18-5-8-23-9-6-18/h5-6,8-9,19-20,24-25H,4,7,10-15H2,1-3H3. The largest absolute Gasteiger partial charge is 0.339 e. The van der Waals surface area contributed by atoms with Crippen molar-refractivity contribution in [2.75, 3.05) is 32.7 Å². The molecule has 0 bridgehead atoms. The molecule has 0 radical (unpaired) electrons. The van der Waals surface area contributed by atoms with Gasteiger partial charge in [0.05, 0.1) is 11.7 Å². The van der Waals surface area contributed by atoms with Crippen molar-refractivity contribution in [1.29, 1.82) is 0 Å². The maximum absolute atomic E-state index is 13.1. The molecule has 0 saturated carbocycles. The van der Waals surface area contributed by atoms with Crippen LogP contribution in [0.15, 0.2) is 24.5 Å². The van der Waals surface area contributed by atoms with Crippen LogP contribution in [0.1, 0.15) is 41.9 Å². The lowest BCUT2D eigenvalue weighted by Crippen LogP contribution is -2.53. The van der Waals surface area contributed by atoms with Gasteiger partial charge in [-0.05, 0) is 51.3 Å². The van der Waals surface area contributed by atoms with Gasteiger partial charge in [-0.2, -0.15) is 5.10 Å². The number of aryl methyl sites for hydroxylation is 2. The van der Waals surface area contributed by atoms with Crippen molar-refractivity contribution in [1.82, 2.24) is 35.4 Å². The minimum atomic E-state index is -0.179. The van der Waals surface area contributed by atoms with Gasteiger partial charge in [-0.3, -0.25) is 19.4 Å². The van der Waals surface area contributed by atoms with Crippen molar-refractivity contribution >= 4 is 5.91 Å². The quantitative estimate of drug-likeness (QED) is 0.744. The fourth-order valence-corrected chi connectivity index (χ4v) is 4.68. The van der Waals surface area contributed by atoms with Gasteiger partial charge in [0.2, 0.25) is 5.91 Å². The van der Waals surface area contributed by atoms with Crippen LogP contribution in [0.3, 0.4) is 0 Å². The van der Waals surface area contributed by atoms with E-state index < -0.39 is 0 Å². The first-order valence-corrected chi connectivity index (χ1v) is 11.0. The number of hydrogen-bond donors (Lipinski definition) is 2. The van der Waals surface area contributed by atoms with Crippen LogP contribution in [0.4, 0.5) is 0 Å². The van der Waals surface area contributed by atoms with Crippen molar-refractivity contribution < 1.29 is 4.79 Å². The Labute approximate surface area is 178 Å². The molecule has 0 aromatic carbocycles. The van der Waals surface area contributed by atoms with Crippen LogP contribution >= 0.6 is 0 Å². The van der Waals surface area contributed by atoms with E-state index in [4.69, 9.17) is 0 Å². The highest BCUT2D eigenvalue weighted by Crippen LogP contribution is 2.28. The van der Waals surface area contributed by atoms with Crippen molar-refractivity contribution in [3.63, 3.8) is 0 Å². The first-order valence-electron chi connectivity index (χ1n) is 11.0.